The van der Waals surface area contributed by atoms with E-state index in [4.69, 9.17) is 0 Å². The summed E-state index contributed by atoms with van der Waals surface area (Å²) < 4.78 is 0. The Kier molecular flexibility index (Phi) is 10.2. The van der Waals surface area contributed by atoms with E-state index in [0.29, 0.717) is 12.5 Å². The fourth-order valence-electron chi connectivity index (χ4n) is 2.12. The van der Waals surface area contributed by atoms with Gasteiger partial charge >= 0.3 is 0 Å². The molecule has 0 aromatic rings. The van der Waals surface area contributed by atoms with Gasteiger partial charge < -0.3 is 16.0 Å². The molecule has 0 aromatic carbocycles. The summed E-state index contributed by atoms with van der Waals surface area (Å²) in [4.78, 5) is 34.7. The summed E-state index contributed by atoms with van der Waals surface area (Å²) in [7, 11) is 0. The van der Waals surface area contributed by atoms with Crippen LogP contribution in [-0.2, 0) is 14.4 Å². The first-order valence-electron chi connectivity index (χ1n) is 8.16. The lowest BCUT2D eigenvalue weighted by Crippen LogP contribution is -2.51. The Labute approximate surface area is 133 Å². The molecule has 0 bridgehead atoms. The molecule has 0 aliphatic carbocycles. The van der Waals surface area contributed by atoms with Gasteiger partial charge in [0.2, 0.25) is 17.7 Å². The van der Waals surface area contributed by atoms with E-state index in [1.807, 2.05) is 0 Å². The molecule has 22 heavy (non-hydrogen) atoms. The average molecular weight is 313 g/mol. The van der Waals surface area contributed by atoms with Gasteiger partial charge in [-0.3, -0.25) is 14.4 Å². The topological polar surface area (TPSA) is 87.3 Å². The molecule has 1 unspecified atom stereocenters. The molecule has 6 heteroatoms. The molecule has 128 valence electrons. The van der Waals surface area contributed by atoms with Gasteiger partial charge in [0.15, 0.2) is 0 Å². The van der Waals surface area contributed by atoms with Crippen LogP contribution in [0.25, 0.3) is 0 Å². The van der Waals surface area contributed by atoms with Gasteiger partial charge in [-0.15, -0.1) is 0 Å². The molecule has 0 aromatic heterocycles. The Hall–Kier alpha value is -1.59. The second-order valence-electron chi connectivity index (χ2n) is 5.81. The van der Waals surface area contributed by atoms with Crippen LogP contribution < -0.4 is 16.0 Å². The highest BCUT2D eigenvalue weighted by Crippen LogP contribution is 2.11. The molecule has 3 amide bonds. The molecule has 0 saturated heterocycles. The van der Waals surface area contributed by atoms with Crippen LogP contribution in [0.15, 0.2) is 0 Å². The quantitative estimate of drug-likeness (QED) is 0.569. The summed E-state index contributed by atoms with van der Waals surface area (Å²) in [6.45, 7) is 9.48. The van der Waals surface area contributed by atoms with E-state index >= 15 is 0 Å². The summed E-state index contributed by atoms with van der Waals surface area (Å²) in [5.74, 6) is -0.360. The summed E-state index contributed by atoms with van der Waals surface area (Å²) in [6, 6.07) is -1.27. The van der Waals surface area contributed by atoms with Crippen molar-refractivity contribution in [1.29, 1.82) is 0 Å². The smallest absolute Gasteiger partial charge is 0.242 e. The molecule has 0 heterocycles. The van der Waals surface area contributed by atoms with Crippen molar-refractivity contribution in [2.75, 3.05) is 6.54 Å². The summed E-state index contributed by atoms with van der Waals surface area (Å²) >= 11 is 0. The molecule has 6 nitrogen and oxygen atoms in total. The Balaban J connectivity index is 4.20. The third-order valence-electron chi connectivity index (χ3n) is 3.67. The summed E-state index contributed by atoms with van der Waals surface area (Å²) in [5.41, 5.74) is 0. The van der Waals surface area contributed by atoms with Gasteiger partial charge in [-0.25, -0.2) is 0 Å². The monoisotopic (exact) mass is 313 g/mol. The lowest BCUT2D eigenvalue weighted by Gasteiger charge is -2.20. The van der Waals surface area contributed by atoms with E-state index in [9.17, 15) is 14.4 Å². The number of unbranched alkanes of at least 4 members (excludes halogenated alkanes) is 1. The molecular weight excluding hydrogens is 282 g/mol. The minimum absolute atomic E-state index is 0.196. The summed E-state index contributed by atoms with van der Waals surface area (Å²) in [5, 5.41) is 7.98. The number of carbonyl (C=O) groups excluding carboxylic acids is 3. The average Bonchev–Trinajstić information content (AvgIpc) is 2.46. The van der Waals surface area contributed by atoms with Crippen molar-refractivity contribution in [2.45, 2.75) is 72.4 Å². The number of hydrogen-bond acceptors (Lipinski definition) is 3. The van der Waals surface area contributed by atoms with Crippen LogP contribution in [0, 0.1) is 5.92 Å². The molecule has 0 spiro atoms. The summed E-state index contributed by atoms with van der Waals surface area (Å²) in [6.07, 6.45) is 4.45. The zero-order valence-corrected chi connectivity index (χ0v) is 14.5. The normalized spacial score (nSPS) is 14.6. The molecule has 0 aliphatic rings. The molecule has 0 saturated carbocycles. The molecule has 0 aliphatic heterocycles. The van der Waals surface area contributed by atoms with Crippen LogP contribution in [0.2, 0.25) is 0 Å². The largest absolute Gasteiger partial charge is 0.354 e. The molecule has 3 atom stereocenters. The van der Waals surface area contributed by atoms with Crippen molar-refractivity contribution in [1.82, 2.24) is 16.0 Å². The van der Waals surface area contributed by atoms with E-state index in [0.717, 1.165) is 25.7 Å². The van der Waals surface area contributed by atoms with Crippen molar-refractivity contribution in [3.63, 3.8) is 0 Å². The Morgan fingerprint density at radius 2 is 1.55 bits per heavy atom. The SMILES string of the molecule is CCCCC(CC)CNC(=O)[C@H](C)NC(=O)[C@H](C)NC(C)=O. The lowest BCUT2D eigenvalue weighted by atomic mass is 9.99. The number of rotatable bonds is 10. The fourth-order valence-corrected chi connectivity index (χ4v) is 2.12. The lowest BCUT2D eigenvalue weighted by molar-refractivity contribution is -0.131. The predicted molar refractivity (Wildman–Crippen MR) is 87.2 cm³/mol. The van der Waals surface area contributed by atoms with E-state index in [1.165, 1.54) is 6.92 Å². The third-order valence-corrected chi connectivity index (χ3v) is 3.67. The maximum Gasteiger partial charge on any atom is 0.242 e. The van der Waals surface area contributed by atoms with Crippen LogP contribution in [0.3, 0.4) is 0 Å². The van der Waals surface area contributed by atoms with Gasteiger partial charge in [-0.1, -0.05) is 33.1 Å². The van der Waals surface area contributed by atoms with Crippen molar-refractivity contribution < 1.29 is 14.4 Å². The Morgan fingerprint density at radius 3 is 2.05 bits per heavy atom. The first-order chi connectivity index (χ1) is 10.3. The first-order valence-corrected chi connectivity index (χ1v) is 8.16. The minimum atomic E-state index is -0.652. The van der Waals surface area contributed by atoms with E-state index < -0.39 is 12.1 Å². The molecule has 0 rings (SSSR count). The van der Waals surface area contributed by atoms with Crippen molar-refractivity contribution in [2.24, 2.45) is 5.92 Å². The molecule has 0 radical (unpaired) electrons. The maximum absolute atomic E-state index is 12.0. The van der Waals surface area contributed by atoms with Crippen LogP contribution in [0.5, 0.6) is 0 Å². The van der Waals surface area contributed by atoms with Crippen LogP contribution in [0.4, 0.5) is 0 Å². The van der Waals surface area contributed by atoms with E-state index in [1.54, 1.807) is 13.8 Å². The Morgan fingerprint density at radius 1 is 0.955 bits per heavy atom. The molecule has 0 fully saturated rings. The highest BCUT2D eigenvalue weighted by Gasteiger charge is 2.20. The minimum Gasteiger partial charge on any atom is -0.354 e. The van der Waals surface area contributed by atoms with Crippen LogP contribution in [0.1, 0.15) is 60.3 Å². The first kappa shape index (κ1) is 20.4. The third kappa shape index (κ3) is 8.64. The number of nitrogens with one attached hydrogen (secondary N) is 3. The number of carbonyl (C=O) groups is 3. The number of amides is 3. The van der Waals surface area contributed by atoms with Gasteiger partial charge in [0.05, 0.1) is 0 Å². The van der Waals surface area contributed by atoms with Gasteiger partial charge in [-0.2, -0.15) is 0 Å². The van der Waals surface area contributed by atoms with Crippen molar-refractivity contribution in [3.8, 4) is 0 Å². The van der Waals surface area contributed by atoms with Crippen LogP contribution in [-0.4, -0.2) is 36.3 Å². The fraction of sp³-hybridized carbons (Fsp3) is 0.812. The van der Waals surface area contributed by atoms with Gasteiger partial charge in [-0.05, 0) is 26.2 Å². The Bertz CT molecular complexity index is 372. The van der Waals surface area contributed by atoms with E-state index in [-0.39, 0.29) is 17.7 Å². The zero-order chi connectivity index (χ0) is 17.1. The highest BCUT2D eigenvalue weighted by atomic mass is 16.2. The number of hydrogen-bond donors (Lipinski definition) is 3. The van der Waals surface area contributed by atoms with Gasteiger partial charge in [0.25, 0.3) is 0 Å². The van der Waals surface area contributed by atoms with Crippen molar-refractivity contribution >= 4 is 17.7 Å². The van der Waals surface area contributed by atoms with Crippen LogP contribution >= 0.6 is 0 Å². The van der Waals surface area contributed by atoms with E-state index in [2.05, 4.69) is 29.8 Å². The van der Waals surface area contributed by atoms with Gasteiger partial charge in [0, 0.05) is 13.5 Å². The predicted octanol–water partition coefficient (Wildman–Crippen LogP) is 1.35. The standard InChI is InChI=1S/C16H31N3O3/c1-6-8-9-14(7-2)10-17-15(21)11(3)19-16(22)12(4)18-13(5)20/h11-12,14H,6-10H2,1-5H3,(H,17,21)(H,18,20)(H,19,22)/t11-,12-,14?/m0/s1. The van der Waals surface area contributed by atoms with Gasteiger partial charge in [0.1, 0.15) is 12.1 Å². The highest BCUT2D eigenvalue weighted by molar-refractivity contribution is 5.91. The second-order valence-corrected chi connectivity index (χ2v) is 5.81. The maximum atomic E-state index is 12.0. The second kappa shape index (κ2) is 11.0. The van der Waals surface area contributed by atoms with Crippen molar-refractivity contribution in [3.05, 3.63) is 0 Å². The molecular formula is C16H31N3O3. The zero-order valence-electron chi connectivity index (χ0n) is 14.5. The molecule has 3 N–H and O–H groups in total.